The van der Waals surface area contributed by atoms with Crippen molar-refractivity contribution in [2.75, 3.05) is 6.54 Å². The second-order valence-electron chi connectivity index (χ2n) is 3.76. The van der Waals surface area contributed by atoms with Gasteiger partial charge in [-0.15, -0.1) is 0 Å². The second kappa shape index (κ2) is 3.31. The summed E-state index contributed by atoms with van der Waals surface area (Å²) in [7, 11) is 0. The van der Waals surface area contributed by atoms with E-state index in [2.05, 4.69) is 21.2 Å². The van der Waals surface area contributed by atoms with Gasteiger partial charge in [0.25, 0.3) is 5.91 Å². The Bertz CT molecular complexity index is 606. The molecule has 5 heteroatoms. The number of fused-ring (bicyclic) bond motifs is 3. The van der Waals surface area contributed by atoms with E-state index in [1.54, 1.807) is 6.07 Å². The van der Waals surface area contributed by atoms with Crippen LogP contribution in [0.25, 0.3) is 10.9 Å². The minimum Gasteiger partial charge on any atom is -0.349 e. The van der Waals surface area contributed by atoms with Crippen LogP contribution in [0.2, 0.25) is 0 Å². The normalized spacial score (nSPS) is 15.0. The monoisotopic (exact) mass is 282 g/mol. The van der Waals surface area contributed by atoms with Gasteiger partial charge in [0.15, 0.2) is 0 Å². The lowest BCUT2D eigenvalue weighted by Crippen LogP contribution is -2.34. The molecule has 3 rings (SSSR count). The molecule has 3 nitrogen and oxygen atoms in total. The maximum Gasteiger partial charge on any atom is 0.268 e. The number of nitrogens with zero attached hydrogens (tertiary/aromatic N) is 1. The summed E-state index contributed by atoms with van der Waals surface area (Å²) in [6.07, 6.45) is 0. The van der Waals surface area contributed by atoms with Gasteiger partial charge in [0.2, 0.25) is 0 Å². The Balaban J connectivity index is 2.40. The van der Waals surface area contributed by atoms with Gasteiger partial charge in [-0.05, 0) is 34.1 Å². The highest BCUT2D eigenvalue weighted by Crippen LogP contribution is 2.29. The minimum atomic E-state index is -0.303. The number of carbonyl (C=O) groups is 1. The Morgan fingerprint density at radius 1 is 1.38 bits per heavy atom. The number of amides is 1. The van der Waals surface area contributed by atoms with E-state index in [9.17, 15) is 9.18 Å². The van der Waals surface area contributed by atoms with Crippen LogP contribution in [-0.4, -0.2) is 17.0 Å². The molecule has 0 radical (unpaired) electrons. The van der Waals surface area contributed by atoms with Crippen molar-refractivity contribution < 1.29 is 9.18 Å². The molecule has 0 fully saturated rings. The molecule has 0 spiro atoms. The summed E-state index contributed by atoms with van der Waals surface area (Å²) in [5.41, 5.74) is 1.47. The first-order valence-electron chi connectivity index (χ1n) is 4.93. The quantitative estimate of drug-likeness (QED) is 0.790. The summed E-state index contributed by atoms with van der Waals surface area (Å²) in [5.74, 6) is -0.405. The zero-order chi connectivity index (χ0) is 11.3. The number of halogens is 2. The summed E-state index contributed by atoms with van der Waals surface area (Å²) >= 11 is 3.33. The highest BCUT2D eigenvalue weighted by molar-refractivity contribution is 9.10. The fourth-order valence-corrected chi connectivity index (χ4v) is 2.78. The first kappa shape index (κ1) is 9.84. The van der Waals surface area contributed by atoms with Crippen LogP contribution in [0, 0.1) is 5.82 Å². The molecule has 82 valence electrons. The summed E-state index contributed by atoms with van der Waals surface area (Å²) < 4.78 is 15.8. The largest absolute Gasteiger partial charge is 0.349 e. The van der Waals surface area contributed by atoms with Crippen molar-refractivity contribution in [2.24, 2.45) is 0 Å². The van der Waals surface area contributed by atoms with Gasteiger partial charge in [-0.2, -0.15) is 0 Å². The van der Waals surface area contributed by atoms with Gasteiger partial charge < -0.3 is 9.88 Å². The van der Waals surface area contributed by atoms with Crippen LogP contribution in [0.4, 0.5) is 4.39 Å². The fraction of sp³-hybridized carbons (Fsp3) is 0.182. The fourth-order valence-electron chi connectivity index (χ4n) is 2.12. The van der Waals surface area contributed by atoms with Crippen molar-refractivity contribution in [1.82, 2.24) is 9.88 Å². The minimum absolute atomic E-state index is 0.102. The third-order valence-electron chi connectivity index (χ3n) is 2.76. The van der Waals surface area contributed by atoms with Crippen LogP contribution in [-0.2, 0) is 6.54 Å². The molecule has 0 saturated carbocycles. The van der Waals surface area contributed by atoms with E-state index < -0.39 is 0 Å². The van der Waals surface area contributed by atoms with E-state index in [4.69, 9.17) is 0 Å². The molecule has 1 N–H and O–H groups in total. The highest BCUT2D eigenvalue weighted by atomic mass is 79.9. The van der Waals surface area contributed by atoms with E-state index in [0.29, 0.717) is 16.7 Å². The van der Waals surface area contributed by atoms with Crippen LogP contribution < -0.4 is 5.32 Å². The molecule has 1 aromatic heterocycles. The van der Waals surface area contributed by atoms with Crippen LogP contribution in [0.15, 0.2) is 22.7 Å². The van der Waals surface area contributed by atoms with E-state index in [0.717, 1.165) is 17.4 Å². The number of nitrogens with one attached hydrogen (secondary N) is 1. The number of hydrogen-bond donors (Lipinski definition) is 1. The molecule has 2 aromatic rings. The van der Waals surface area contributed by atoms with E-state index in [1.165, 1.54) is 12.1 Å². The van der Waals surface area contributed by atoms with Gasteiger partial charge in [0.1, 0.15) is 11.5 Å². The predicted octanol–water partition coefficient (Wildman–Crippen LogP) is 2.29. The molecule has 1 amide bonds. The Morgan fingerprint density at radius 3 is 3.00 bits per heavy atom. The zero-order valence-corrected chi connectivity index (χ0v) is 9.84. The van der Waals surface area contributed by atoms with Crippen molar-refractivity contribution in [3.63, 3.8) is 0 Å². The Kier molecular flexibility index (Phi) is 2.04. The van der Waals surface area contributed by atoms with E-state index >= 15 is 0 Å². The second-order valence-corrected chi connectivity index (χ2v) is 4.62. The van der Waals surface area contributed by atoms with Gasteiger partial charge in [-0.25, -0.2) is 4.39 Å². The van der Waals surface area contributed by atoms with Crippen molar-refractivity contribution in [3.8, 4) is 0 Å². The lowest BCUT2D eigenvalue weighted by molar-refractivity contribution is 0.0929. The molecule has 0 saturated heterocycles. The van der Waals surface area contributed by atoms with Crippen LogP contribution >= 0.6 is 15.9 Å². The van der Waals surface area contributed by atoms with Gasteiger partial charge in [-0.3, -0.25) is 4.79 Å². The maximum absolute atomic E-state index is 13.2. The Labute approximate surface area is 99.4 Å². The molecule has 1 aliphatic heterocycles. The summed E-state index contributed by atoms with van der Waals surface area (Å²) in [5, 5.41) is 3.51. The molecular weight excluding hydrogens is 275 g/mol. The average Bonchev–Trinajstić information content (AvgIpc) is 2.57. The molecular formula is C11H8BrFN2O. The third kappa shape index (κ3) is 1.28. The van der Waals surface area contributed by atoms with Gasteiger partial charge >= 0.3 is 0 Å². The Morgan fingerprint density at radius 2 is 2.19 bits per heavy atom. The van der Waals surface area contributed by atoms with E-state index in [1.807, 2.05) is 4.57 Å². The highest BCUT2D eigenvalue weighted by Gasteiger charge is 2.20. The SMILES string of the molecule is O=C1NCCn2c1cc1cc(F)cc(Br)c12. The Hall–Kier alpha value is -1.36. The van der Waals surface area contributed by atoms with Gasteiger partial charge in [0, 0.05) is 22.9 Å². The average molecular weight is 283 g/mol. The zero-order valence-electron chi connectivity index (χ0n) is 8.26. The van der Waals surface area contributed by atoms with Crippen LogP contribution in [0.1, 0.15) is 10.5 Å². The number of hydrogen-bond acceptors (Lipinski definition) is 1. The number of benzene rings is 1. The van der Waals surface area contributed by atoms with Crippen molar-refractivity contribution >= 4 is 32.7 Å². The molecule has 16 heavy (non-hydrogen) atoms. The first-order chi connectivity index (χ1) is 7.66. The van der Waals surface area contributed by atoms with Crippen molar-refractivity contribution in [1.29, 1.82) is 0 Å². The summed E-state index contributed by atoms with van der Waals surface area (Å²) in [6.45, 7) is 1.33. The molecule has 0 aliphatic carbocycles. The molecule has 1 aliphatic rings. The first-order valence-corrected chi connectivity index (χ1v) is 5.72. The predicted molar refractivity (Wildman–Crippen MR) is 61.9 cm³/mol. The topological polar surface area (TPSA) is 34.0 Å². The van der Waals surface area contributed by atoms with E-state index in [-0.39, 0.29) is 11.7 Å². The number of carbonyl (C=O) groups excluding carboxylic acids is 1. The maximum atomic E-state index is 13.2. The van der Waals surface area contributed by atoms with Crippen LogP contribution in [0.5, 0.6) is 0 Å². The third-order valence-corrected chi connectivity index (χ3v) is 3.37. The molecule has 1 aromatic carbocycles. The molecule has 0 unspecified atom stereocenters. The lowest BCUT2D eigenvalue weighted by Gasteiger charge is -2.16. The summed E-state index contributed by atoms with van der Waals surface area (Å²) in [4.78, 5) is 11.6. The van der Waals surface area contributed by atoms with Crippen molar-refractivity contribution in [2.45, 2.75) is 6.54 Å². The summed E-state index contributed by atoms with van der Waals surface area (Å²) in [6, 6.07) is 4.58. The van der Waals surface area contributed by atoms with Crippen LogP contribution in [0.3, 0.4) is 0 Å². The molecule has 2 heterocycles. The molecule has 0 atom stereocenters. The van der Waals surface area contributed by atoms with Crippen molar-refractivity contribution in [3.05, 3.63) is 34.2 Å². The molecule has 0 bridgehead atoms. The standard InChI is InChI=1S/C11H8BrFN2O/c12-8-5-7(13)3-6-4-9-11(16)14-1-2-15(9)10(6)8/h3-5H,1-2H2,(H,14,16). The number of rotatable bonds is 0. The van der Waals surface area contributed by atoms with Gasteiger partial charge in [0.05, 0.1) is 5.52 Å². The lowest BCUT2D eigenvalue weighted by atomic mass is 10.2. The smallest absolute Gasteiger partial charge is 0.268 e. The van der Waals surface area contributed by atoms with Gasteiger partial charge in [-0.1, -0.05) is 0 Å². The number of aromatic nitrogens is 1.